The van der Waals surface area contributed by atoms with E-state index in [9.17, 15) is 10.2 Å². The molecule has 1 aliphatic carbocycles. The molecule has 4 nitrogen and oxygen atoms in total. The van der Waals surface area contributed by atoms with Crippen molar-refractivity contribution in [2.45, 2.75) is 52.0 Å². The first-order valence-corrected chi connectivity index (χ1v) is 7.59. The molecule has 0 amide bonds. The lowest BCUT2D eigenvalue weighted by Gasteiger charge is -2.34. The molecule has 0 radical (unpaired) electrons. The number of hydroxylamine groups is 2. The van der Waals surface area contributed by atoms with E-state index in [2.05, 4.69) is 12.0 Å². The molecular formula is C16H25NO3. The zero-order chi connectivity index (χ0) is 14.5. The fraction of sp³-hybridized carbons (Fsp3) is 0.625. The second-order valence-electron chi connectivity index (χ2n) is 5.38. The van der Waals surface area contributed by atoms with Crippen molar-refractivity contribution in [1.29, 1.82) is 0 Å². The molecule has 0 fully saturated rings. The number of phenols is 2. The monoisotopic (exact) mass is 279 g/mol. The lowest BCUT2D eigenvalue weighted by molar-refractivity contribution is -0.185. The molecule has 0 aromatic heterocycles. The molecule has 1 atom stereocenters. The zero-order valence-corrected chi connectivity index (χ0v) is 12.4. The molecule has 0 heterocycles. The summed E-state index contributed by atoms with van der Waals surface area (Å²) in [5, 5.41) is 21.6. The van der Waals surface area contributed by atoms with Crippen LogP contribution in [0, 0.1) is 0 Å². The lowest BCUT2D eigenvalue weighted by atomic mass is 9.87. The van der Waals surface area contributed by atoms with Crippen molar-refractivity contribution in [2.75, 3.05) is 13.2 Å². The van der Waals surface area contributed by atoms with Gasteiger partial charge >= 0.3 is 0 Å². The smallest absolute Gasteiger partial charge is 0.160 e. The van der Waals surface area contributed by atoms with E-state index in [-0.39, 0.29) is 11.5 Å². The second kappa shape index (κ2) is 6.95. The average Bonchev–Trinajstić information content (AvgIpc) is 2.47. The van der Waals surface area contributed by atoms with Crippen LogP contribution in [0.2, 0.25) is 0 Å². The van der Waals surface area contributed by atoms with E-state index in [4.69, 9.17) is 4.84 Å². The van der Waals surface area contributed by atoms with Gasteiger partial charge in [0.1, 0.15) is 0 Å². The first kappa shape index (κ1) is 15.1. The SMILES string of the molecule is CCCCN(OCC)C1CCc2c(ccc(O)c2O)C1. The van der Waals surface area contributed by atoms with Crippen LogP contribution < -0.4 is 0 Å². The number of rotatable bonds is 6. The highest BCUT2D eigenvalue weighted by molar-refractivity contribution is 5.50. The summed E-state index contributed by atoms with van der Waals surface area (Å²) in [6, 6.07) is 3.85. The summed E-state index contributed by atoms with van der Waals surface area (Å²) in [6.07, 6.45) is 4.89. The van der Waals surface area contributed by atoms with Crippen LogP contribution in [0.4, 0.5) is 0 Å². The molecule has 0 aliphatic heterocycles. The number of phenolic OH excluding ortho intramolecular Hbond substituents is 2. The van der Waals surface area contributed by atoms with E-state index < -0.39 is 0 Å². The van der Waals surface area contributed by atoms with Crippen molar-refractivity contribution in [1.82, 2.24) is 5.06 Å². The molecule has 1 aromatic rings. The molecule has 20 heavy (non-hydrogen) atoms. The molecular weight excluding hydrogens is 254 g/mol. The van der Waals surface area contributed by atoms with Gasteiger partial charge in [-0.2, -0.15) is 5.06 Å². The van der Waals surface area contributed by atoms with Gasteiger partial charge in [0, 0.05) is 18.2 Å². The minimum absolute atomic E-state index is 0.0187. The quantitative estimate of drug-likeness (QED) is 0.621. The number of aromatic hydroxyl groups is 2. The number of fused-ring (bicyclic) bond motifs is 1. The number of hydrogen-bond donors (Lipinski definition) is 2. The molecule has 0 saturated heterocycles. The Kier molecular flexibility index (Phi) is 5.26. The molecule has 1 aromatic carbocycles. The summed E-state index contributed by atoms with van der Waals surface area (Å²) in [7, 11) is 0. The van der Waals surface area contributed by atoms with Gasteiger partial charge in [-0.3, -0.25) is 4.84 Å². The van der Waals surface area contributed by atoms with E-state index >= 15 is 0 Å². The standard InChI is InChI=1S/C16H25NO3/c1-3-5-10-17(20-4-2)13-7-8-14-12(11-13)6-9-15(18)16(14)19/h6,9,13,18-19H,3-5,7-8,10-11H2,1-2H3. The lowest BCUT2D eigenvalue weighted by Crippen LogP contribution is -2.40. The molecule has 2 rings (SSSR count). The average molecular weight is 279 g/mol. The van der Waals surface area contributed by atoms with Gasteiger partial charge in [0.25, 0.3) is 0 Å². The van der Waals surface area contributed by atoms with E-state index in [0.29, 0.717) is 12.6 Å². The van der Waals surface area contributed by atoms with Gasteiger partial charge in [0.15, 0.2) is 11.5 Å². The van der Waals surface area contributed by atoms with Crippen molar-refractivity contribution in [3.05, 3.63) is 23.3 Å². The Morgan fingerprint density at radius 2 is 2.10 bits per heavy atom. The topological polar surface area (TPSA) is 52.9 Å². The third-order valence-corrected chi connectivity index (χ3v) is 3.98. The predicted molar refractivity (Wildman–Crippen MR) is 78.8 cm³/mol. The van der Waals surface area contributed by atoms with Crippen molar-refractivity contribution >= 4 is 0 Å². The number of unbranched alkanes of at least 4 members (excludes halogenated alkanes) is 1. The highest BCUT2D eigenvalue weighted by Crippen LogP contribution is 2.36. The van der Waals surface area contributed by atoms with Gasteiger partial charge in [-0.05, 0) is 44.2 Å². The van der Waals surface area contributed by atoms with Gasteiger partial charge in [-0.25, -0.2) is 0 Å². The first-order chi connectivity index (χ1) is 9.67. The van der Waals surface area contributed by atoms with Gasteiger partial charge in [-0.15, -0.1) is 0 Å². The first-order valence-electron chi connectivity index (χ1n) is 7.59. The van der Waals surface area contributed by atoms with Crippen LogP contribution >= 0.6 is 0 Å². The maximum Gasteiger partial charge on any atom is 0.160 e. The Balaban J connectivity index is 2.10. The van der Waals surface area contributed by atoms with Crippen LogP contribution in [0.1, 0.15) is 44.2 Å². The second-order valence-corrected chi connectivity index (χ2v) is 5.38. The fourth-order valence-corrected chi connectivity index (χ4v) is 2.88. The summed E-state index contributed by atoms with van der Waals surface area (Å²) in [5.74, 6) is 0.0346. The van der Waals surface area contributed by atoms with Crippen LogP contribution in [-0.2, 0) is 17.7 Å². The summed E-state index contributed by atoms with van der Waals surface area (Å²) >= 11 is 0. The van der Waals surface area contributed by atoms with Crippen molar-refractivity contribution in [3.63, 3.8) is 0 Å². The van der Waals surface area contributed by atoms with Crippen LogP contribution in [0.15, 0.2) is 12.1 Å². The molecule has 2 N–H and O–H groups in total. The van der Waals surface area contributed by atoms with Crippen LogP contribution in [-0.4, -0.2) is 34.5 Å². The maximum atomic E-state index is 9.92. The van der Waals surface area contributed by atoms with Crippen LogP contribution in [0.3, 0.4) is 0 Å². The predicted octanol–water partition coefficient (Wildman–Crippen LogP) is 3.01. The Morgan fingerprint density at radius 3 is 2.80 bits per heavy atom. The van der Waals surface area contributed by atoms with Crippen molar-refractivity contribution in [3.8, 4) is 11.5 Å². The zero-order valence-electron chi connectivity index (χ0n) is 12.4. The summed E-state index contributed by atoms with van der Waals surface area (Å²) < 4.78 is 0. The summed E-state index contributed by atoms with van der Waals surface area (Å²) in [6.45, 7) is 5.84. The molecule has 4 heteroatoms. The van der Waals surface area contributed by atoms with Crippen LogP contribution in [0.5, 0.6) is 11.5 Å². The van der Waals surface area contributed by atoms with Gasteiger partial charge in [0.05, 0.1) is 6.61 Å². The largest absolute Gasteiger partial charge is 0.504 e. The molecule has 1 unspecified atom stereocenters. The number of benzene rings is 1. The van der Waals surface area contributed by atoms with Gasteiger partial charge in [-0.1, -0.05) is 19.4 Å². The third-order valence-electron chi connectivity index (χ3n) is 3.98. The molecule has 1 aliphatic rings. The van der Waals surface area contributed by atoms with Crippen molar-refractivity contribution in [2.24, 2.45) is 0 Å². The Labute approximate surface area is 120 Å². The third kappa shape index (κ3) is 3.25. The van der Waals surface area contributed by atoms with Gasteiger partial charge in [0.2, 0.25) is 0 Å². The summed E-state index contributed by atoms with van der Waals surface area (Å²) in [4.78, 5) is 5.77. The number of nitrogens with zero attached hydrogens (tertiary/aromatic N) is 1. The molecule has 112 valence electrons. The Hall–Kier alpha value is -1.26. The minimum atomic E-state index is -0.0187. The van der Waals surface area contributed by atoms with E-state index in [1.807, 2.05) is 13.0 Å². The van der Waals surface area contributed by atoms with Crippen LogP contribution in [0.25, 0.3) is 0 Å². The Bertz CT molecular complexity index is 448. The maximum absolute atomic E-state index is 9.92. The number of hydrogen-bond acceptors (Lipinski definition) is 4. The highest BCUT2D eigenvalue weighted by Gasteiger charge is 2.27. The molecule has 0 spiro atoms. The van der Waals surface area contributed by atoms with E-state index in [0.717, 1.165) is 49.8 Å². The van der Waals surface area contributed by atoms with Crippen molar-refractivity contribution < 1.29 is 15.1 Å². The molecule has 0 bridgehead atoms. The van der Waals surface area contributed by atoms with E-state index in [1.54, 1.807) is 6.07 Å². The van der Waals surface area contributed by atoms with Gasteiger partial charge < -0.3 is 10.2 Å². The summed E-state index contributed by atoms with van der Waals surface area (Å²) in [5.41, 5.74) is 2.02. The molecule has 0 saturated carbocycles. The normalized spacial score (nSPS) is 18.2. The Morgan fingerprint density at radius 1 is 1.30 bits per heavy atom. The minimum Gasteiger partial charge on any atom is -0.504 e. The van der Waals surface area contributed by atoms with E-state index in [1.165, 1.54) is 0 Å². The highest BCUT2D eigenvalue weighted by atomic mass is 16.7. The fourth-order valence-electron chi connectivity index (χ4n) is 2.88.